The summed E-state index contributed by atoms with van der Waals surface area (Å²) in [6, 6.07) is 17.8. The van der Waals surface area contributed by atoms with Crippen LogP contribution in [0.2, 0.25) is 0 Å². The van der Waals surface area contributed by atoms with Crippen LogP contribution in [0.15, 0.2) is 91.5 Å². The Morgan fingerprint density at radius 2 is 1.72 bits per heavy atom. The summed E-state index contributed by atoms with van der Waals surface area (Å²) in [5, 5.41) is 8.58. The monoisotopic (exact) mass is 527 g/mol. The molecule has 0 amide bonds. The first-order chi connectivity index (χ1) is 18.7. The molecule has 0 spiro atoms. The zero-order valence-electron chi connectivity index (χ0n) is 21.0. The number of hydrogen-bond acceptors (Lipinski definition) is 5. The van der Waals surface area contributed by atoms with Crippen molar-refractivity contribution in [2.24, 2.45) is 0 Å². The lowest BCUT2D eigenvalue weighted by Gasteiger charge is -2.37. The van der Waals surface area contributed by atoms with Crippen molar-refractivity contribution in [2.75, 3.05) is 18.0 Å². The quantitative estimate of drug-likeness (QED) is 0.279. The first-order valence-electron chi connectivity index (χ1n) is 12.5. The number of halogens is 3. The lowest BCUT2D eigenvalue weighted by molar-refractivity contribution is -0.0884. The van der Waals surface area contributed by atoms with E-state index in [1.54, 1.807) is 35.1 Å². The summed E-state index contributed by atoms with van der Waals surface area (Å²) in [6.45, 7) is 7.98. The van der Waals surface area contributed by atoms with Crippen molar-refractivity contribution < 1.29 is 18.0 Å². The molecule has 1 aliphatic heterocycles. The predicted molar refractivity (Wildman–Crippen MR) is 146 cm³/mol. The second-order valence-electron chi connectivity index (χ2n) is 9.67. The number of Topliss-reactive ketones (excluding diaryl/α,β-unsaturated/α-hetero) is 1. The maximum atomic E-state index is 13.2. The molecule has 6 rings (SSSR count). The van der Waals surface area contributed by atoms with Crippen molar-refractivity contribution in [1.82, 2.24) is 19.9 Å². The molecule has 1 fully saturated rings. The average molecular weight is 528 g/mol. The SMILES string of the molecule is C=C1CNC[C@H](C)N1c1ccc(-c2cnc3c(-c4ccc(C(=O)C(F)(F)F)c5ccccc45)cnn3c2)cc1. The molecule has 0 radical (unpaired) electrons. The zero-order valence-corrected chi connectivity index (χ0v) is 21.0. The minimum absolute atomic E-state index is 0.231. The Kier molecular flexibility index (Phi) is 5.95. The summed E-state index contributed by atoms with van der Waals surface area (Å²) < 4.78 is 41.2. The van der Waals surface area contributed by atoms with Crippen molar-refractivity contribution >= 4 is 27.9 Å². The van der Waals surface area contributed by atoms with E-state index in [9.17, 15) is 18.0 Å². The Balaban J connectivity index is 1.36. The molecule has 196 valence electrons. The molecule has 0 saturated carbocycles. The van der Waals surface area contributed by atoms with Crippen molar-refractivity contribution in [2.45, 2.75) is 19.1 Å². The summed E-state index contributed by atoms with van der Waals surface area (Å²) in [7, 11) is 0. The fraction of sp³-hybridized carbons (Fsp3) is 0.167. The summed E-state index contributed by atoms with van der Waals surface area (Å²) in [5.41, 5.74) is 5.42. The largest absolute Gasteiger partial charge is 0.454 e. The maximum Gasteiger partial charge on any atom is 0.454 e. The number of carbonyl (C=O) groups excluding carboxylic acids is 1. The Morgan fingerprint density at radius 1 is 0.974 bits per heavy atom. The molecule has 1 saturated heterocycles. The van der Waals surface area contributed by atoms with Crippen molar-refractivity contribution in [3.63, 3.8) is 0 Å². The lowest BCUT2D eigenvalue weighted by Crippen LogP contribution is -2.47. The van der Waals surface area contributed by atoms with Crippen LogP contribution >= 0.6 is 0 Å². The highest BCUT2D eigenvalue weighted by molar-refractivity contribution is 6.14. The van der Waals surface area contributed by atoms with Gasteiger partial charge in [0, 0.05) is 59.6 Å². The number of piperazine rings is 1. The topological polar surface area (TPSA) is 62.5 Å². The number of benzene rings is 3. The molecule has 9 heteroatoms. The molecule has 6 nitrogen and oxygen atoms in total. The number of fused-ring (bicyclic) bond motifs is 2. The van der Waals surface area contributed by atoms with E-state index in [0.29, 0.717) is 28.2 Å². The molecule has 0 bridgehead atoms. The number of alkyl halides is 3. The van der Waals surface area contributed by atoms with Gasteiger partial charge in [0.2, 0.25) is 0 Å². The minimum Gasteiger partial charge on any atom is -0.340 e. The zero-order chi connectivity index (χ0) is 27.3. The molecule has 1 atom stereocenters. The van der Waals surface area contributed by atoms with Gasteiger partial charge in [-0.15, -0.1) is 0 Å². The van der Waals surface area contributed by atoms with Gasteiger partial charge in [0.1, 0.15) is 0 Å². The number of hydrogen-bond donors (Lipinski definition) is 1. The van der Waals surface area contributed by atoms with E-state index < -0.39 is 12.0 Å². The minimum atomic E-state index is -4.96. The van der Waals surface area contributed by atoms with Crippen molar-refractivity contribution in [3.05, 3.63) is 97.1 Å². The van der Waals surface area contributed by atoms with Gasteiger partial charge in [-0.1, -0.05) is 49.0 Å². The fourth-order valence-corrected chi connectivity index (χ4v) is 5.26. The summed E-state index contributed by atoms with van der Waals surface area (Å²) in [6.07, 6.45) is 0.310. The molecule has 2 aromatic heterocycles. The van der Waals surface area contributed by atoms with Gasteiger partial charge in [-0.3, -0.25) is 4.79 Å². The lowest BCUT2D eigenvalue weighted by atomic mass is 9.94. The number of rotatable bonds is 4. The number of anilines is 1. The van der Waals surface area contributed by atoms with E-state index in [2.05, 4.69) is 45.9 Å². The standard InChI is InChI=1S/C30H24F3N5O/c1-18-13-34-14-19(2)38(18)22-9-7-20(8-10-22)21-15-35-29-27(16-36-37(29)17-21)25-11-12-26(28(39)30(31,32)33)24-6-4-3-5-23(24)25/h3-12,15-17,19,34H,1,13-14H2,2H3/t19-/m0/s1. The predicted octanol–water partition coefficient (Wildman–Crippen LogP) is 6.27. The highest BCUT2D eigenvalue weighted by Gasteiger charge is 2.40. The fourth-order valence-electron chi connectivity index (χ4n) is 5.26. The normalized spacial score (nSPS) is 16.3. The van der Waals surface area contributed by atoms with Crippen LogP contribution in [0.5, 0.6) is 0 Å². The maximum absolute atomic E-state index is 13.2. The molecule has 1 N–H and O–H groups in total. The van der Waals surface area contributed by atoms with Crippen LogP contribution in [-0.2, 0) is 0 Å². The highest BCUT2D eigenvalue weighted by Crippen LogP contribution is 2.35. The summed E-state index contributed by atoms with van der Waals surface area (Å²) in [5.74, 6) is -1.87. The van der Waals surface area contributed by atoms with Gasteiger partial charge in [0.05, 0.1) is 6.20 Å². The van der Waals surface area contributed by atoms with E-state index in [-0.39, 0.29) is 10.9 Å². The van der Waals surface area contributed by atoms with Gasteiger partial charge in [0.25, 0.3) is 5.78 Å². The Bertz CT molecular complexity index is 1740. The molecule has 39 heavy (non-hydrogen) atoms. The third-order valence-electron chi connectivity index (χ3n) is 7.10. The van der Waals surface area contributed by atoms with Crippen LogP contribution in [0.4, 0.5) is 18.9 Å². The van der Waals surface area contributed by atoms with Gasteiger partial charge in [-0.25, -0.2) is 9.50 Å². The molecular weight excluding hydrogens is 503 g/mol. The second-order valence-corrected chi connectivity index (χ2v) is 9.67. The third kappa shape index (κ3) is 4.34. The smallest absolute Gasteiger partial charge is 0.340 e. The molecule has 3 heterocycles. The number of aromatic nitrogens is 3. The van der Waals surface area contributed by atoms with E-state index in [0.717, 1.165) is 35.6 Å². The third-order valence-corrected chi connectivity index (χ3v) is 7.10. The van der Waals surface area contributed by atoms with E-state index in [1.807, 2.05) is 18.3 Å². The number of nitrogens with one attached hydrogen (secondary N) is 1. The molecule has 5 aromatic rings. The van der Waals surface area contributed by atoms with Crippen LogP contribution in [-0.4, -0.2) is 45.7 Å². The highest BCUT2D eigenvalue weighted by atomic mass is 19.4. The van der Waals surface area contributed by atoms with E-state index >= 15 is 0 Å². The first-order valence-corrected chi connectivity index (χ1v) is 12.5. The van der Waals surface area contributed by atoms with Gasteiger partial charge in [0.15, 0.2) is 5.65 Å². The summed E-state index contributed by atoms with van der Waals surface area (Å²) >= 11 is 0. The molecule has 0 unspecified atom stereocenters. The Labute approximate surface area is 222 Å². The van der Waals surface area contributed by atoms with Gasteiger partial charge in [-0.05, 0) is 47.0 Å². The van der Waals surface area contributed by atoms with Crippen molar-refractivity contribution in [1.29, 1.82) is 0 Å². The average Bonchev–Trinajstić information content (AvgIpc) is 3.35. The number of ketones is 1. The number of nitrogens with zero attached hydrogens (tertiary/aromatic N) is 4. The number of carbonyl (C=O) groups is 1. The summed E-state index contributed by atoms with van der Waals surface area (Å²) in [4.78, 5) is 18.9. The van der Waals surface area contributed by atoms with Crippen LogP contribution in [0.25, 0.3) is 38.7 Å². The van der Waals surface area contributed by atoms with Gasteiger partial charge in [-0.2, -0.15) is 18.3 Å². The Morgan fingerprint density at radius 3 is 2.44 bits per heavy atom. The van der Waals surface area contributed by atoms with E-state index in [1.165, 1.54) is 18.2 Å². The van der Waals surface area contributed by atoms with Crippen LogP contribution in [0.3, 0.4) is 0 Å². The van der Waals surface area contributed by atoms with Crippen LogP contribution in [0, 0.1) is 0 Å². The Hall–Kier alpha value is -4.50. The molecule has 1 aliphatic rings. The van der Waals surface area contributed by atoms with Crippen molar-refractivity contribution in [3.8, 4) is 22.3 Å². The van der Waals surface area contributed by atoms with Crippen LogP contribution in [0.1, 0.15) is 17.3 Å². The molecule has 3 aromatic carbocycles. The van der Waals surface area contributed by atoms with E-state index in [4.69, 9.17) is 0 Å². The van der Waals surface area contributed by atoms with Gasteiger partial charge < -0.3 is 10.2 Å². The van der Waals surface area contributed by atoms with Gasteiger partial charge >= 0.3 is 6.18 Å². The first kappa shape index (κ1) is 24.8. The second kappa shape index (κ2) is 9.36. The molecule has 0 aliphatic carbocycles. The van der Waals surface area contributed by atoms with Crippen LogP contribution < -0.4 is 10.2 Å². The molecular formula is C30H24F3N5O.